The van der Waals surface area contributed by atoms with E-state index in [1.165, 1.54) is 19.3 Å². The number of carbonyl (C=O) groups excluding carboxylic acids is 1. The SMILES string of the molecule is CCCOCCOCPC(C)CCCCCC(=O)C(C)C. The molecular formula is C17H35O3P. The minimum atomic E-state index is 0.198. The summed E-state index contributed by atoms with van der Waals surface area (Å²) in [5.74, 6) is 0.604. The van der Waals surface area contributed by atoms with Crippen LogP contribution in [0.15, 0.2) is 0 Å². The molecule has 21 heavy (non-hydrogen) atoms. The first-order valence-corrected chi connectivity index (χ1v) is 9.78. The van der Waals surface area contributed by atoms with E-state index in [-0.39, 0.29) is 5.92 Å². The maximum absolute atomic E-state index is 11.5. The van der Waals surface area contributed by atoms with Gasteiger partial charge in [0.25, 0.3) is 0 Å². The van der Waals surface area contributed by atoms with Crippen LogP contribution in [0.5, 0.6) is 0 Å². The van der Waals surface area contributed by atoms with Crippen molar-refractivity contribution in [1.29, 1.82) is 0 Å². The van der Waals surface area contributed by atoms with E-state index in [0.717, 1.165) is 59.7 Å². The number of unbranched alkanes of at least 4 members (excludes halogenated alkanes) is 2. The molecule has 0 saturated heterocycles. The summed E-state index contributed by atoms with van der Waals surface area (Å²) >= 11 is 0. The fraction of sp³-hybridized carbons (Fsp3) is 0.941. The van der Waals surface area contributed by atoms with Crippen LogP contribution in [0.25, 0.3) is 0 Å². The van der Waals surface area contributed by atoms with Gasteiger partial charge in [-0.05, 0) is 24.9 Å². The Kier molecular flexibility index (Phi) is 15.0. The maximum Gasteiger partial charge on any atom is 0.135 e. The van der Waals surface area contributed by atoms with Gasteiger partial charge in [0.1, 0.15) is 5.78 Å². The van der Waals surface area contributed by atoms with Gasteiger partial charge in [0, 0.05) is 18.9 Å². The molecule has 0 fully saturated rings. The van der Waals surface area contributed by atoms with Gasteiger partial charge in [-0.2, -0.15) is 0 Å². The molecule has 0 aliphatic carbocycles. The summed E-state index contributed by atoms with van der Waals surface area (Å²) in [4.78, 5) is 11.5. The van der Waals surface area contributed by atoms with E-state index >= 15 is 0 Å². The van der Waals surface area contributed by atoms with Crippen LogP contribution in [0.1, 0.15) is 66.2 Å². The highest BCUT2D eigenvalue weighted by Gasteiger charge is 2.07. The lowest BCUT2D eigenvalue weighted by Crippen LogP contribution is -2.06. The van der Waals surface area contributed by atoms with E-state index in [2.05, 4.69) is 13.8 Å². The average molecular weight is 318 g/mol. The standard InChI is InChI=1S/C17H35O3P/c1-5-11-19-12-13-20-14-21-16(4)9-7-6-8-10-17(18)15(2)3/h15-16,21H,5-14H2,1-4H3. The highest BCUT2D eigenvalue weighted by Crippen LogP contribution is 2.23. The predicted molar refractivity (Wildman–Crippen MR) is 92.6 cm³/mol. The summed E-state index contributed by atoms with van der Waals surface area (Å²) in [6.07, 6.45) is 7.42. The van der Waals surface area contributed by atoms with Gasteiger partial charge in [-0.25, -0.2) is 0 Å². The molecule has 126 valence electrons. The zero-order chi connectivity index (χ0) is 15.9. The zero-order valence-electron chi connectivity index (χ0n) is 14.5. The van der Waals surface area contributed by atoms with E-state index in [9.17, 15) is 4.79 Å². The number of ketones is 1. The van der Waals surface area contributed by atoms with E-state index in [0.29, 0.717) is 5.78 Å². The number of hydrogen-bond donors (Lipinski definition) is 0. The fourth-order valence-electron chi connectivity index (χ4n) is 1.95. The van der Waals surface area contributed by atoms with Gasteiger partial charge >= 0.3 is 0 Å². The second-order valence-electron chi connectivity index (χ2n) is 5.99. The molecule has 0 aliphatic rings. The number of Topliss-reactive ketones (excluding diaryl/α,β-unsaturated/α-hetero) is 1. The van der Waals surface area contributed by atoms with Crippen LogP contribution in [0, 0.1) is 5.92 Å². The third-order valence-corrected chi connectivity index (χ3v) is 4.81. The Balaban J connectivity index is 3.27. The van der Waals surface area contributed by atoms with E-state index < -0.39 is 0 Å². The topological polar surface area (TPSA) is 35.5 Å². The van der Waals surface area contributed by atoms with Crippen molar-refractivity contribution in [3.63, 3.8) is 0 Å². The fourth-order valence-corrected chi connectivity index (χ4v) is 2.91. The molecule has 0 radical (unpaired) electrons. The summed E-state index contributed by atoms with van der Waals surface area (Å²) in [5, 5.41) is 0. The molecule has 3 nitrogen and oxygen atoms in total. The molecule has 0 aromatic carbocycles. The molecule has 0 amide bonds. The van der Waals surface area contributed by atoms with Crippen LogP contribution in [0.2, 0.25) is 0 Å². The van der Waals surface area contributed by atoms with E-state index in [4.69, 9.17) is 9.47 Å². The Hall–Kier alpha value is 0.0200. The third kappa shape index (κ3) is 14.7. The van der Waals surface area contributed by atoms with Crippen LogP contribution in [-0.2, 0) is 14.3 Å². The Labute approximate surface area is 133 Å². The number of hydrogen-bond acceptors (Lipinski definition) is 3. The molecule has 0 saturated carbocycles. The minimum Gasteiger partial charge on any atom is -0.379 e. The lowest BCUT2D eigenvalue weighted by atomic mass is 10.0. The van der Waals surface area contributed by atoms with Crippen molar-refractivity contribution in [1.82, 2.24) is 0 Å². The summed E-state index contributed by atoms with van der Waals surface area (Å²) in [7, 11) is 0.877. The monoisotopic (exact) mass is 318 g/mol. The first kappa shape index (κ1) is 21.0. The Morgan fingerprint density at radius 3 is 2.38 bits per heavy atom. The predicted octanol–water partition coefficient (Wildman–Crippen LogP) is 4.63. The smallest absolute Gasteiger partial charge is 0.135 e. The van der Waals surface area contributed by atoms with Gasteiger partial charge in [0.2, 0.25) is 0 Å². The molecule has 0 heterocycles. The van der Waals surface area contributed by atoms with Crippen LogP contribution < -0.4 is 0 Å². The summed E-state index contributed by atoms with van der Waals surface area (Å²) in [6.45, 7) is 10.7. The summed E-state index contributed by atoms with van der Waals surface area (Å²) in [6, 6.07) is 0. The van der Waals surface area contributed by atoms with Crippen molar-refractivity contribution < 1.29 is 14.3 Å². The Morgan fingerprint density at radius 1 is 1.00 bits per heavy atom. The van der Waals surface area contributed by atoms with Crippen LogP contribution in [-0.4, -0.2) is 37.6 Å². The first-order chi connectivity index (χ1) is 10.1. The molecule has 2 atom stereocenters. The molecule has 0 spiro atoms. The summed E-state index contributed by atoms with van der Waals surface area (Å²) < 4.78 is 10.9. The Bertz CT molecular complexity index is 244. The van der Waals surface area contributed by atoms with Gasteiger partial charge in [-0.3, -0.25) is 4.79 Å². The van der Waals surface area contributed by atoms with Gasteiger partial charge in [-0.15, -0.1) is 0 Å². The van der Waals surface area contributed by atoms with Crippen molar-refractivity contribution in [2.24, 2.45) is 5.92 Å². The highest BCUT2D eigenvalue weighted by molar-refractivity contribution is 7.38. The van der Waals surface area contributed by atoms with Crippen molar-refractivity contribution in [3.8, 4) is 0 Å². The van der Waals surface area contributed by atoms with Gasteiger partial charge in [0.05, 0.1) is 19.6 Å². The average Bonchev–Trinajstić information content (AvgIpc) is 2.45. The number of ether oxygens (including phenoxy) is 2. The molecular weight excluding hydrogens is 283 g/mol. The second kappa shape index (κ2) is 14.9. The third-order valence-electron chi connectivity index (χ3n) is 3.46. The van der Waals surface area contributed by atoms with Crippen molar-refractivity contribution in [3.05, 3.63) is 0 Å². The van der Waals surface area contributed by atoms with Crippen molar-refractivity contribution >= 4 is 14.4 Å². The van der Waals surface area contributed by atoms with Crippen molar-refractivity contribution in [2.45, 2.75) is 71.9 Å². The van der Waals surface area contributed by atoms with E-state index in [1.54, 1.807) is 0 Å². The molecule has 0 aromatic heterocycles. The zero-order valence-corrected chi connectivity index (χ0v) is 15.5. The van der Waals surface area contributed by atoms with Gasteiger partial charge in [-0.1, -0.05) is 49.1 Å². The molecule has 0 aliphatic heterocycles. The lowest BCUT2D eigenvalue weighted by molar-refractivity contribution is -0.122. The largest absolute Gasteiger partial charge is 0.379 e. The summed E-state index contributed by atoms with van der Waals surface area (Å²) in [5.41, 5.74) is 0.738. The number of rotatable bonds is 15. The molecule has 0 rings (SSSR count). The molecule has 0 N–H and O–H groups in total. The normalized spacial score (nSPS) is 13.4. The highest BCUT2D eigenvalue weighted by atomic mass is 31.1. The van der Waals surface area contributed by atoms with Crippen molar-refractivity contribution in [2.75, 3.05) is 26.2 Å². The molecule has 0 bridgehead atoms. The minimum absolute atomic E-state index is 0.198. The Morgan fingerprint density at radius 2 is 1.71 bits per heavy atom. The quantitative estimate of drug-likeness (QED) is 0.326. The molecule has 2 unspecified atom stereocenters. The van der Waals surface area contributed by atoms with Crippen LogP contribution in [0.3, 0.4) is 0 Å². The first-order valence-electron chi connectivity index (χ1n) is 8.49. The van der Waals surface area contributed by atoms with Crippen LogP contribution >= 0.6 is 8.58 Å². The van der Waals surface area contributed by atoms with Gasteiger partial charge in [0.15, 0.2) is 0 Å². The molecule has 0 aromatic rings. The number of carbonyl (C=O) groups is 1. The lowest BCUT2D eigenvalue weighted by Gasteiger charge is -2.12. The van der Waals surface area contributed by atoms with E-state index in [1.807, 2.05) is 13.8 Å². The van der Waals surface area contributed by atoms with Gasteiger partial charge < -0.3 is 9.47 Å². The molecule has 4 heteroatoms. The maximum atomic E-state index is 11.5. The second-order valence-corrected chi connectivity index (χ2v) is 7.67. The van der Waals surface area contributed by atoms with Crippen LogP contribution in [0.4, 0.5) is 0 Å².